The molecule has 5 rings (SSSR count). The van der Waals surface area contributed by atoms with Crippen LogP contribution >= 0.6 is 11.3 Å². The Morgan fingerprint density at radius 2 is 2.00 bits per heavy atom. The molecule has 1 N–H and O–H groups in total. The van der Waals surface area contributed by atoms with Gasteiger partial charge in [0, 0.05) is 34.8 Å². The summed E-state index contributed by atoms with van der Waals surface area (Å²) in [4.78, 5) is 23.6. The monoisotopic (exact) mass is 386 g/mol. The number of nitrogens with zero attached hydrogens (tertiary/aromatic N) is 3. The van der Waals surface area contributed by atoms with Gasteiger partial charge in [-0.2, -0.15) is 0 Å². The maximum absolute atomic E-state index is 12.4. The Bertz CT molecular complexity index is 1170. The van der Waals surface area contributed by atoms with E-state index in [9.17, 15) is 4.79 Å². The molecule has 28 heavy (non-hydrogen) atoms. The average molecular weight is 386 g/mol. The maximum Gasteiger partial charge on any atom is 0.257 e. The highest BCUT2D eigenvalue weighted by Gasteiger charge is 2.23. The Morgan fingerprint density at radius 3 is 2.79 bits per heavy atom. The lowest BCUT2D eigenvalue weighted by Crippen LogP contribution is -2.15. The van der Waals surface area contributed by atoms with Crippen LogP contribution in [0.4, 0.5) is 16.6 Å². The molecule has 138 valence electrons. The van der Waals surface area contributed by atoms with Crippen LogP contribution in [0.25, 0.3) is 10.9 Å². The van der Waals surface area contributed by atoms with Crippen molar-refractivity contribution in [3.63, 3.8) is 0 Å². The van der Waals surface area contributed by atoms with E-state index in [0.29, 0.717) is 10.7 Å². The highest BCUT2D eigenvalue weighted by atomic mass is 32.1. The summed E-state index contributed by atoms with van der Waals surface area (Å²) in [6, 6.07) is 16.3. The Labute approximate surface area is 166 Å². The first-order valence-electron chi connectivity index (χ1n) is 9.16. The number of carbonyl (C=O) groups excluding carboxylic acids is 1. The van der Waals surface area contributed by atoms with E-state index in [0.717, 1.165) is 30.0 Å². The van der Waals surface area contributed by atoms with Crippen molar-refractivity contribution in [1.29, 1.82) is 0 Å². The van der Waals surface area contributed by atoms with Crippen molar-refractivity contribution in [2.45, 2.75) is 13.3 Å². The topological polar surface area (TPSA) is 58.1 Å². The molecule has 3 heterocycles. The van der Waals surface area contributed by atoms with Crippen molar-refractivity contribution >= 4 is 44.8 Å². The van der Waals surface area contributed by atoms with Gasteiger partial charge < -0.3 is 4.90 Å². The number of hydrogen-bond acceptors (Lipinski definition) is 5. The Hall–Kier alpha value is -3.25. The smallest absolute Gasteiger partial charge is 0.257 e. The van der Waals surface area contributed by atoms with Crippen LogP contribution in [0.15, 0.2) is 60.1 Å². The third-order valence-electron chi connectivity index (χ3n) is 4.98. The van der Waals surface area contributed by atoms with Crippen molar-refractivity contribution in [2.75, 3.05) is 16.8 Å². The highest BCUT2D eigenvalue weighted by Crippen LogP contribution is 2.35. The number of hydrogen-bond donors (Lipinski definition) is 1. The van der Waals surface area contributed by atoms with E-state index in [-0.39, 0.29) is 5.91 Å². The van der Waals surface area contributed by atoms with E-state index in [1.807, 2.05) is 29.6 Å². The molecule has 1 amide bonds. The van der Waals surface area contributed by atoms with Gasteiger partial charge in [-0.15, -0.1) is 11.3 Å². The molecule has 5 nitrogen and oxygen atoms in total. The predicted molar refractivity (Wildman–Crippen MR) is 114 cm³/mol. The first-order chi connectivity index (χ1) is 13.7. The lowest BCUT2D eigenvalue weighted by atomic mass is 10.1. The van der Waals surface area contributed by atoms with Gasteiger partial charge in [0.15, 0.2) is 5.13 Å². The van der Waals surface area contributed by atoms with Crippen LogP contribution in [-0.2, 0) is 6.42 Å². The number of aromatic nitrogens is 2. The number of nitrogens with one attached hydrogen (secondary N) is 1. The molecule has 0 atom stereocenters. The lowest BCUT2D eigenvalue weighted by Gasteiger charge is -2.19. The van der Waals surface area contributed by atoms with E-state index in [1.165, 1.54) is 27.8 Å². The van der Waals surface area contributed by atoms with Gasteiger partial charge in [-0.05, 0) is 60.9 Å². The largest absolute Gasteiger partial charge is 0.326 e. The van der Waals surface area contributed by atoms with E-state index >= 15 is 0 Å². The number of amides is 1. The second kappa shape index (κ2) is 6.73. The van der Waals surface area contributed by atoms with Crippen LogP contribution in [-0.4, -0.2) is 22.4 Å². The van der Waals surface area contributed by atoms with Crippen LogP contribution in [0.3, 0.4) is 0 Å². The summed E-state index contributed by atoms with van der Waals surface area (Å²) < 4.78 is 0. The third kappa shape index (κ3) is 3.01. The zero-order valence-electron chi connectivity index (χ0n) is 15.3. The first kappa shape index (κ1) is 16.9. The fourth-order valence-corrected chi connectivity index (χ4v) is 4.09. The number of fused-ring (bicyclic) bond motifs is 2. The summed E-state index contributed by atoms with van der Waals surface area (Å²) in [5.74, 6) is 0.862. The molecule has 6 heteroatoms. The van der Waals surface area contributed by atoms with Crippen LogP contribution in [0.5, 0.6) is 0 Å². The standard InChI is InChI=1S/C22H18N4OS/c1-14-2-3-16-13-17-8-10-26(20(17)24-19(16)12-14)18-6-4-15(5-7-18)21(27)25-22-23-9-11-28-22/h2-7,9,11-13H,8,10H2,1H3,(H,23,25,27). The van der Waals surface area contributed by atoms with Gasteiger partial charge in [-0.3, -0.25) is 10.1 Å². The number of pyridine rings is 1. The minimum Gasteiger partial charge on any atom is -0.326 e. The Morgan fingerprint density at radius 1 is 1.14 bits per heavy atom. The summed E-state index contributed by atoms with van der Waals surface area (Å²) >= 11 is 1.40. The van der Waals surface area contributed by atoms with Gasteiger partial charge >= 0.3 is 0 Å². The van der Waals surface area contributed by atoms with E-state index in [2.05, 4.69) is 46.4 Å². The number of rotatable bonds is 3. The molecular weight excluding hydrogens is 368 g/mol. The molecule has 0 aliphatic carbocycles. The number of carbonyl (C=O) groups is 1. The maximum atomic E-state index is 12.4. The predicted octanol–water partition coefficient (Wildman–Crippen LogP) is 4.95. The summed E-state index contributed by atoms with van der Waals surface area (Å²) in [5.41, 5.74) is 5.15. The molecule has 0 fully saturated rings. The van der Waals surface area contributed by atoms with Crippen LogP contribution in [0.1, 0.15) is 21.5 Å². The van der Waals surface area contributed by atoms with Gasteiger partial charge in [0.25, 0.3) is 5.91 Å². The van der Waals surface area contributed by atoms with Crippen molar-refractivity contribution in [2.24, 2.45) is 0 Å². The first-order valence-corrected chi connectivity index (χ1v) is 10.0. The Kier molecular flexibility index (Phi) is 4.06. The summed E-state index contributed by atoms with van der Waals surface area (Å²) in [6.45, 7) is 2.98. The zero-order chi connectivity index (χ0) is 19.1. The third-order valence-corrected chi connectivity index (χ3v) is 5.67. The number of thiazole rings is 1. The molecule has 1 aliphatic heterocycles. The SMILES string of the molecule is Cc1ccc2cc3c(nc2c1)N(c1ccc(C(=O)Nc2nccs2)cc1)CC3. The van der Waals surface area contributed by atoms with Crippen molar-refractivity contribution in [1.82, 2.24) is 9.97 Å². The van der Waals surface area contributed by atoms with E-state index in [4.69, 9.17) is 4.98 Å². The summed E-state index contributed by atoms with van der Waals surface area (Å²) in [6.07, 6.45) is 2.64. The van der Waals surface area contributed by atoms with Gasteiger partial charge in [0.05, 0.1) is 5.52 Å². The number of anilines is 3. The molecule has 0 saturated carbocycles. The van der Waals surface area contributed by atoms with Gasteiger partial charge in [0.2, 0.25) is 0 Å². The van der Waals surface area contributed by atoms with Gasteiger partial charge in [0.1, 0.15) is 5.82 Å². The van der Waals surface area contributed by atoms with Crippen LogP contribution in [0, 0.1) is 6.92 Å². The molecule has 1 aliphatic rings. The fourth-order valence-electron chi connectivity index (χ4n) is 3.57. The number of aryl methyl sites for hydroxylation is 1. The van der Waals surface area contributed by atoms with Crippen LogP contribution < -0.4 is 10.2 Å². The Balaban J connectivity index is 1.42. The summed E-state index contributed by atoms with van der Waals surface area (Å²) in [7, 11) is 0. The molecule has 0 radical (unpaired) electrons. The number of benzene rings is 2. The van der Waals surface area contributed by atoms with Crippen molar-refractivity contribution in [3.8, 4) is 0 Å². The molecular formula is C22H18N4OS. The summed E-state index contributed by atoms with van der Waals surface area (Å²) in [5, 5.41) is 6.43. The zero-order valence-corrected chi connectivity index (χ0v) is 16.2. The molecule has 4 aromatic rings. The molecule has 0 spiro atoms. The molecule has 2 aromatic heterocycles. The molecule has 0 bridgehead atoms. The molecule has 0 saturated heterocycles. The minimum atomic E-state index is -0.150. The second-order valence-electron chi connectivity index (χ2n) is 6.91. The van der Waals surface area contributed by atoms with E-state index < -0.39 is 0 Å². The minimum absolute atomic E-state index is 0.150. The normalized spacial score (nSPS) is 13.0. The van der Waals surface area contributed by atoms with Gasteiger partial charge in [-0.1, -0.05) is 12.1 Å². The fraction of sp³-hybridized carbons (Fsp3) is 0.136. The van der Waals surface area contributed by atoms with Crippen molar-refractivity contribution < 1.29 is 4.79 Å². The lowest BCUT2D eigenvalue weighted by molar-refractivity contribution is 0.102. The highest BCUT2D eigenvalue weighted by molar-refractivity contribution is 7.13. The quantitative estimate of drug-likeness (QED) is 0.541. The average Bonchev–Trinajstić information content (AvgIpc) is 3.36. The molecule has 2 aromatic carbocycles. The molecule has 0 unspecified atom stereocenters. The van der Waals surface area contributed by atoms with E-state index in [1.54, 1.807) is 6.20 Å². The second-order valence-corrected chi connectivity index (χ2v) is 7.80. The van der Waals surface area contributed by atoms with Gasteiger partial charge in [-0.25, -0.2) is 9.97 Å². The van der Waals surface area contributed by atoms with Crippen LogP contribution in [0.2, 0.25) is 0 Å². The van der Waals surface area contributed by atoms with Crippen molar-refractivity contribution in [3.05, 3.63) is 76.8 Å².